The Balaban J connectivity index is 1.97. The molecule has 2 N–H and O–H groups in total. The molecule has 1 aliphatic heterocycles. The molecule has 0 spiro atoms. The molecule has 0 aromatic heterocycles. The lowest BCUT2D eigenvalue weighted by Crippen LogP contribution is -2.44. The molecular weight excluding hydrogens is 305 g/mol. The van der Waals surface area contributed by atoms with E-state index in [4.69, 9.17) is 10.5 Å². The normalized spacial score (nSPS) is 15.5. The van der Waals surface area contributed by atoms with E-state index in [9.17, 15) is 4.39 Å². The van der Waals surface area contributed by atoms with Gasteiger partial charge in [0.2, 0.25) is 0 Å². The van der Waals surface area contributed by atoms with Crippen LogP contribution in [-0.2, 0) is 6.42 Å². The number of nitrogens with two attached hydrogens (primary N) is 1. The Bertz CT molecular complexity index is 712. The van der Waals surface area contributed by atoms with Crippen molar-refractivity contribution in [3.8, 4) is 11.5 Å². The first-order chi connectivity index (χ1) is 11.6. The molecule has 0 aliphatic carbocycles. The molecule has 0 saturated carbocycles. The van der Waals surface area contributed by atoms with Crippen molar-refractivity contribution in [2.45, 2.75) is 13.3 Å². The number of benzene rings is 2. The predicted molar refractivity (Wildman–Crippen MR) is 96.4 cm³/mol. The number of likely N-dealkylation sites (N-methyl/N-ethyl adjacent to an activating group) is 1. The van der Waals surface area contributed by atoms with Gasteiger partial charge in [-0.05, 0) is 37.2 Å². The number of para-hydroxylation sites is 1. The molecule has 4 nitrogen and oxygen atoms in total. The zero-order chi connectivity index (χ0) is 17.1. The molecule has 1 aliphatic rings. The molecule has 24 heavy (non-hydrogen) atoms. The van der Waals surface area contributed by atoms with Gasteiger partial charge in [0.1, 0.15) is 0 Å². The molecule has 0 atom stereocenters. The fourth-order valence-electron chi connectivity index (χ4n) is 2.98. The van der Waals surface area contributed by atoms with Crippen LogP contribution in [0.1, 0.15) is 12.5 Å². The van der Waals surface area contributed by atoms with E-state index in [0.717, 1.165) is 49.6 Å². The van der Waals surface area contributed by atoms with Crippen LogP contribution >= 0.6 is 0 Å². The third-order valence-corrected chi connectivity index (χ3v) is 4.51. The number of piperazine rings is 1. The quantitative estimate of drug-likeness (QED) is 0.872. The van der Waals surface area contributed by atoms with Crippen LogP contribution in [0.15, 0.2) is 36.4 Å². The second kappa shape index (κ2) is 7.09. The predicted octanol–water partition coefficient (Wildman–Crippen LogP) is 3.51. The van der Waals surface area contributed by atoms with Crippen LogP contribution in [0.4, 0.5) is 15.8 Å². The van der Waals surface area contributed by atoms with Gasteiger partial charge in [-0.25, -0.2) is 4.39 Å². The van der Waals surface area contributed by atoms with Crippen molar-refractivity contribution >= 4 is 11.4 Å². The summed E-state index contributed by atoms with van der Waals surface area (Å²) in [4.78, 5) is 4.61. The van der Waals surface area contributed by atoms with Crippen LogP contribution in [0, 0.1) is 5.82 Å². The Morgan fingerprint density at radius 1 is 1.08 bits per heavy atom. The van der Waals surface area contributed by atoms with Crippen LogP contribution in [0.25, 0.3) is 0 Å². The molecule has 1 heterocycles. The Morgan fingerprint density at radius 3 is 2.50 bits per heavy atom. The van der Waals surface area contributed by atoms with E-state index in [0.29, 0.717) is 0 Å². The highest BCUT2D eigenvalue weighted by atomic mass is 19.1. The number of rotatable bonds is 4. The Morgan fingerprint density at radius 2 is 1.79 bits per heavy atom. The van der Waals surface area contributed by atoms with Crippen LogP contribution < -0.4 is 15.4 Å². The number of ether oxygens (including phenoxy) is 1. The molecule has 128 valence electrons. The van der Waals surface area contributed by atoms with Gasteiger partial charge in [0, 0.05) is 26.2 Å². The highest BCUT2D eigenvalue weighted by molar-refractivity contribution is 5.64. The maximum atomic E-state index is 14.3. The third-order valence-electron chi connectivity index (χ3n) is 4.51. The monoisotopic (exact) mass is 329 g/mol. The molecule has 2 aromatic carbocycles. The summed E-state index contributed by atoms with van der Waals surface area (Å²) >= 11 is 0. The van der Waals surface area contributed by atoms with Gasteiger partial charge in [-0.1, -0.05) is 25.1 Å². The van der Waals surface area contributed by atoms with Crippen LogP contribution in [0.5, 0.6) is 11.5 Å². The lowest BCUT2D eigenvalue weighted by molar-refractivity contribution is 0.311. The summed E-state index contributed by atoms with van der Waals surface area (Å²) < 4.78 is 20.3. The Labute approximate surface area is 142 Å². The van der Waals surface area contributed by atoms with E-state index >= 15 is 0 Å². The number of hydrogen-bond acceptors (Lipinski definition) is 4. The van der Waals surface area contributed by atoms with Crippen LogP contribution in [0.3, 0.4) is 0 Å². The third kappa shape index (κ3) is 3.31. The van der Waals surface area contributed by atoms with E-state index in [-0.39, 0.29) is 11.4 Å². The molecule has 5 heteroatoms. The molecule has 1 saturated heterocycles. The van der Waals surface area contributed by atoms with E-state index in [2.05, 4.69) is 23.8 Å². The summed E-state index contributed by atoms with van der Waals surface area (Å²) in [6.07, 6.45) is 0.820. The molecular formula is C19H24FN3O. The number of nitrogens with zero attached hydrogens (tertiary/aromatic N) is 2. The standard InChI is InChI=1S/C19H24FN3O/c1-3-14-6-4-8-16(23-12-10-22(2)11-13-23)19(14)24-17-9-5-7-15(21)18(17)20/h4-9H,3,10-13,21H2,1-2H3. The first-order valence-electron chi connectivity index (χ1n) is 8.37. The molecule has 1 fully saturated rings. The zero-order valence-electron chi connectivity index (χ0n) is 14.3. The first-order valence-corrected chi connectivity index (χ1v) is 8.37. The first kappa shape index (κ1) is 16.6. The Kier molecular flexibility index (Phi) is 4.90. The smallest absolute Gasteiger partial charge is 0.188 e. The minimum atomic E-state index is -0.507. The van der Waals surface area contributed by atoms with Gasteiger partial charge < -0.3 is 20.3 Å². The highest BCUT2D eigenvalue weighted by Gasteiger charge is 2.21. The molecule has 0 radical (unpaired) electrons. The number of aryl methyl sites for hydroxylation is 1. The van der Waals surface area contributed by atoms with Gasteiger partial charge in [0.05, 0.1) is 11.4 Å². The van der Waals surface area contributed by atoms with Crippen LogP contribution in [-0.4, -0.2) is 38.1 Å². The summed E-state index contributed by atoms with van der Waals surface area (Å²) in [6, 6.07) is 11.0. The second-order valence-corrected chi connectivity index (χ2v) is 6.17. The average Bonchev–Trinajstić information content (AvgIpc) is 2.60. The number of anilines is 2. The van der Waals surface area contributed by atoms with Crippen molar-refractivity contribution in [3.63, 3.8) is 0 Å². The molecule has 2 aromatic rings. The summed E-state index contributed by atoms with van der Waals surface area (Å²) in [5.41, 5.74) is 7.85. The van der Waals surface area contributed by atoms with E-state index in [1.807, 2.05) is 18.2 Å². The van der Waals surface area contributed by atoms with Crippen molar-refractivity contribution in [2.75, 3.05) is 43.9 Å². The maximum absolute atomic E-state index is 14.3. The maximum Gasteiger partial charge on any atom is 0.188 e. The topological polar surface area (TPSA) is 41.7 Å². The summed E-state index contributed by atoms with van der Waals surface area (Å²) in [6.45, 7) is 5.94. The largest absolute Gasteiger partial charge is 0.452 e. The fourth-order valence-corrected chi connectivity index (χ4v) is 2.98. The van der Waals surface area contributed by atoms with E-state index < -0.39 is 5.82 Å². The minimum Gasteiger partial charge on any atom is -0.452 e. The number of halogens is 1. The van der Waals surface area contributed by atoms with Gasteiger partial charge in [0.25, 0.3) is 0 Å². The lowest BCUT2D eigenvalue weighted by atomic mass is 10.1. The molecule has 0 unspecified atom stereocenters. The van der Waals surface area contributed by atoms with Gasteiger partial charge in [-0.15, -0.1) is 0 Å². The van der Waals surface area contributed by atoms with E-state index in [1.54, 1.807) is 12.1 Å². The zero-order valence-corrected chi connectivity index (χ0v) is 14.3. The summed E-state index contributed by atoms with van der Waals surface area (Å²) in [7, 11) is 2.12. The van der Waals surface area contributed by atoms with Crippen molar-refractivity contribution in [2.24, 2.45) is 0 Å². The van der Waals surface area contributed by atoms with Gasteiger partial charge >= 0.3 is 0 Å². The van der Waals surface area contributed by atoms with Gasteiger partial charge in [-0.2, -0.15) is 0 Å². The average molecular weight is 329 g/mol. The van der Waals surface area contributed by atoms with Crippen molar-refractivity contribution in [1.82, 2.24) is 4.90 Å². The van der Waals surface area contributed by atoms with Gasteiger partial charge in [-0.3, -0.25) is 0 Å². The molecule has 3 rings (SSSR count). The van der Waals surface area contributed by atoms with Gasteiger partial charge in [0.15, 0.2) is 17.3 Å². The number of hydrogen-bond donors (Lipinski definition) is 1. The second-order valence-electron chi connectivity index (χ2n) is 6.17. The minimum absolute atomic E-state index is 0.0997. The highest BCUT2D eigenvalue weighted by Crippen LogP contribution is 2.38. The lowest BCUT2D eigenvalue weighted by Gasteiger charge is -2.35. The van der Waals surface area contributed by atoms with Crippen molar-refractivity contribution in [3.05, 3.63) is 47.8 Å². The fraction of sp³-hybridized carbons (Fsp3) is 0.368. The summed E-state index contributed by atoms with van der Waals surface area (Å²) in [5.74, 6) is 0.396. The Hall–Kier alpha value is -2.27. The molecule has 0 amide bonds. The molecule has 0 bridgehead atoms. The van der Waals surface area contributed by atoms with E-state index in [1.165, 1.54) is 6.07 Å². The SMILES string of the molecule is CCc1cccc(N2CCN(C)CC2)c1Oc1cccc(N)c1F. The van der Waals surface area contributed by atoms with Crippen molar-refractivity contribution < 1.29 is 9.13 Å². The van der Waals surface area contributed by atoms with Crippen LogP contribution in [0.2, 0.25) is 0 Å². The summed E-state index contributed by atoms with van der Waals surface area (Å²) in [5, 5.41) is 0. The van der Waals surface area contributed by atoms with Crippen molar-refractivity contribution in [1.29, 1.82) is 0 Å². The number of nitrogen functional groups attached to an aromatic ring is 1.